The molecule has 0 aromatic heterocycles. The lowest BCUT2D eigenvalue weighted by atomic mass is 9.96. The molecule has 2 nitrogen and oxygen atoms in total. The second-order valence-corrected chi connectivity index (χ2v) is 4.11. The van der Waals surface area contributed by atoms with Crippen LogP contribution >= 0.6 is 12.4 Å². The van der Waals surface area contributed by atoms with Crippen LogP contribution in [0.3, 0.4) is 0 Å². The Balaban J connectivity index is 0.00000144. The number of halogens is 1. The van der Waals surface area contributed by atoms with Crippen molar-refractivity contribution in [3.05, 3.63) is 42.0 Å². The zero-order valence-electron chi connectivity index (χ0n) is 9.89. The number of benzene rings is 2. The van der Waals surface area contributed by atoms with Gasteiger partial charge >= 0.3 is 0 Å². The van der Waals surface area contributed by atoms with Gasteiger partial charge in [0.2, 0.25) is 0 Å². The molecule has 3 N–H and O–H groups in total. The molecule has 2 aromatic rings. The number of hydrogen-bond acceptors (Lipinski definition) is 2. The Morgan fingerprint density at radius 2 is 1.76 bits per heavy atom. The van der Waals surface area contributed by atoms with E-state index in [-0.39, 0.29) is 18.4 Å². The summed E-state index contributed by atoms with van der Waals surface area (Å²) in [5, 5.41) is 11.7. The fourth-order valence-electron chi connectivity index (χ4n) is 2.10. The third kappa shape index (κ3) is 2.71. The summed E-state index contributed by atoms with van der Waals surface area (Å²) in [6.07, 6.45) is 2.03. The van der Waals surface area contributed by atoms with Gasteiger partial charge < -0.3 is 10.8 Å². The second kappa shape index (κ2) is 5.89. The predicted octanol–water partition coefficient (Wildman–Crippen LogP) is 3.77. The van der Waals surface area contributed by atoms with E-state index in [0.29, 0.717) is 5.75 Å². The number of fused-ring (bicyclic) bond motifs is 1. The Labute approximate surface area is 108 Å². The fraction of sp³-hybridized carbons (Fsp3) is 0.286. The van der Waals surface area contributed by atoms with Crippen LogP contribution in [0, 0.1) is 0 Å². The molecule has 3 heteroatoms. The molecule has 0 heterocycles. The summed E-state index contributed by atoms with van der Waals surface area (Å²) in [5.41, 5.74) is 7.26. The van der Waals surface area contributed by atoms with Gasteiger partial charge in [-0.1, -0.05) is 43.7 Å². The van der Waals surface area contributed by atoms with Crippen LogP contribution in [0.5, 0.6) is 5.75 Å². The van der Waals surface area contributed by atoms with Crippen molar-refractivity contribution in [1.29, 1.82) is 0 Å². The molecule has 0 aliphatic heterocycles. The van der Waals surface area contributed by atoms with E-state index in [4.69, 9.17) is 5.73 Å². The van der Waals surface area contributed by atoms with Gasteiger partial charge in [0, 0.05) is 11.4 Å². The minimum absolute atomic E-state index is 0. The smallest absolute Gasteiger partial charge is 0.123 e. The molecular formula is C14H18ClNO. The zero-order chi connectivity index (χ0) is 11.5. The van der Waals surface area contributed by atoms with Crippen molar-refractivity contribution in [3.8, 4) is 5.75 Å². The van der Waals surface area contributed by atoms with Gasteiger partial charge in [-0.15, -0.1) is 12.4 Å². The maximum absolute atomic E-state index is 9.77. The number of rotatable bonds is 3. The molecule has 0 radical (unpaired) electrons. The van der Waals surface area contributed by atoms with Crippen LogP contribution in [0.1, 0.15) is 31.4 Å². The lowest BCUT2D eigenvalue weighted by Gasteiger charge is -2.14. The first kappa shape index (κ1) is 13.8. The van der Waals surface area contributed by atoms with Crippen molar-refractivity contribution in [2.75, 3.05) is 0 Å². The Morgan fingerprint density at radius 3 is 2.41 bits per heavy atom. The Kier molecular flexibility index (Phi) is 4.79. The molecule has 2 aromatic carbocycles. The lowest BCUT2D eigenvalue weighted by molar-refractivity contribution is 0.481. The molecule has 1 atom stereocenters. The largest absolute Gasteiger partial charge is 0.507 e. The Hall–Kier alpha value is -1.25. The monoisotopic (exact) mass is 251 g/mol. The third-order valence-corrected chi connectivity index (χ3v) is 2.93. The molecule has 0 saturated carbocycles. The normalized spacial score (nSPS) is 12.1. The second-order valence-electron chi connectivity index (χ2n) is 4.11. The molecule has 0 amide bonds. The Bertz CT molecular complexity index is 499. The first-order chi connectivity index (χ1) is 7.74. The van der Waals surface area contributed by atoms with Crippen LogP contribution in [0.2, 0.25) is 0 Å². The summed E-state index contributed by atoms with van der Waals surface area (Å²) in [6, 6.07) is 11.6. The summed E-state index contributed by atoms with van der Waals surface area (Å²) >= 11 is 0. The van der Waals surface area contributed by atoms with E-state index in [2.05, 4.69) is 6.92 Å². The lowest BCUT2D eigenvalue weighted by Crippen LogP contribution is -2.10. The van der Waals surface area contributed by atoms with Crippen molar-refractivity contribution >= 4 is 23.2 Å². The summed E-state index contributed by atoms with van der Waals surface area (Å²) < 4.78 is 0. The van der Waals surface area contributed by atoms with Gasteiger partial charge in [-0.05, 0) is 23.4 Å². The molecular weight excluding hydrogens is 234 g/mol. The van der Waals surface area contributed by atoms with Gasteiger partial charge in [-0.3, -0.25) is 0 Å². The van der Waals surface area contributed by atoms with Gasteiger partial charge in [0.05, 0.1) is 0 Å². The van der Waals surface area contributed by atoms with Gasteiger partial charge in [-0.25, -0.2) is 0 Å². The predicted molar refractivity (Wildman–Crippen MR) is 74.7 cm³/mol. The minimum Gasteiger partial charge on any atom is -0.507 e. The fourth-order valence-corrected chi connectivity index (χ4v) is 2.10. The maximum atomic E-state index is 9.77. The quantitative estimate of drug-likeness (QED) is 0.872. The molecule has 17 heavy (non-hydrogen) atoms. The minimum atomic E-state index is 0. The van der Waals surface area contributed by atoms with Crippen LogP contribution < -0.4 is 5.73 Å². The summed E-state index contributed by atoms with van der Waals surface area (Å²) in [4.78, 5) is 0. The van der Waals surface area contributed by atoms with Crippen molar-refractivity contribution in [3.63, 3.8) is 0 Å². The van der Waals surface area contributed by atoms with E-state index < -0.39 is 0 Å². The SMILES string of the molecule is CCC[C@H](N)c1ccc(O)c2ccccc12.Cl. The van der Waals surface area contributed by atoms with Gasteiger partial charge in [0.15, 0.2) is 0 Å². The summed E-state index contributed by atoms with van der Waals surface area (Å²) in [7, 11) is 0. The van der Waals surface area contributed by atoms with Crippen molar-refractivity contribution in [2.45, 2.75) is 25.8 Å². The number of nitrogens with two attached hydrogens (primary N) is 1. The molecule has 0 saturated heterocycles. The van der Waals surface area contributed by atoms with E-state index >= 15 is 0 Å². The highest BCUT2D eigenvalue weighted by Gasteiger charge is 2.10. The molecule has 0 spiro atoms. The van der Waals surface area contributed by atoms with Gasteiger partial charge in [-0.2, -0.15) is 0 Å². The van der Waals surface area contributed by atoms with Crippen molar-refractivity contribution in [2.24, 2.45) is 5.73 Å². The highest BCUT2D eigenvalue weighted by molar-refractivity contribution is 5.91. The van der Waals surface area contributed by atoms with Crippen molar-refractivity contribution in [1.82, 2.24) is 0 Å². The van der Waals surface area contributed by atoms with E-state index in [1.807, 2.05) is 30.3 Å². The molecule has 0 aliphatic rings. The average Bonchev–Trinajstić information content (AvgIpc) is 2.30. The molecule has 0 aliphatic carbocycles. The number of aromatic hydroxyl groups is 1. The summed E-state index contributed by atoms with van der Waals surface area (Å²) in [6.45, 7) is 2.13. The van der Waals surface area contributed by atoms with Crippen LogP contribution in [0.4, 0.5) is 0 Å². The van der Waals surface area contributed by atoms with Crippen LogP contribution in [0.15, 0.2) is 36.4 Å². The van der Waals surface area contributed by atoms with Crippen LogP contribution in [0.25, 0.3) is 10.8 Å². The molecule has 0 fully saturated rings. The first-order valence-corrected chi connectivity index (χ1v) is 5.70. The van der Waals surface area contributed by atoms with Gasteiger partial charge in [0.1, 0.15) is 5.75 Å². The standard InChI is InChI=1S/C14H17NO.ClH/c1-2-5-13(15)11-8-9-14(16)12-7-4-3-6-10(11)12;/h3-4,6-9,13,16H,2,5,15H2,1H3;1H/t13-;/m0./s1. The van der Waals surface area contributed by atoms with Crippen LogP contribution in [-0.4, -0.2) is 5.11 Å². The first-order valence-electron chi connectivity index (χ1n) is 5.70. The molecule has 2 rings (SSSR count). The number of phenolic OH excluding ortho intramolecular Hbond substituents is 1. The topological polar surface area (TPSA) is 46.2 Å². The van der Waals surface area contributed by atoms with Crippen molar-refractivity contribution < 1.29 is 5.11 Å². The van der Waals surface area contributed by atoms with E-state index in [0.717, 1.165) is 29.2 Å². The van der Waals surface area contributed by atoms with E-state index in [9.17, 15) is 5.11 Å². The Morgan fingerprint density at radius 1 is 1.12 bits per heavy atom. The number of phenols is 1. The highest BCUT2D eigenvalue weighted by atomic mass is 35.5. The third-order valence-electron chi connectivity index (χ3n) is 2.93. The van der Waals surface area contributed by atoms with Crippen LogP contribution in [-0.2, 0) is 0 Å². The highest BCUT2D eigenvalue weighted by Crippen LogP contribution is 2.31. The molecule has 0 bridgehead atoms. The summed E-state index contributed by atoms with van der Waals surface area (Å²) in [5.74, 6) is 0.322. The maximum Gasteiger partial charge on any atom is 0.123 e. The average molecular weight is 252 g/mol. The number of hydrogen-bond donors (Lipinski definition) is 2. The van der Waals surface area contributed by atoms with E-state index in [1.165, 1.54) is 0 Å². The van der Waals surface area contributed by atoms with Gasteiger partial charge in [0.25, 0.3) is 0 Å². The molecule has 0 unspecified atom stereocenters. The van der Waals surface area contributed by atoms with E-state index in [1.54, 1.807) is 6.07 Å². The molecule has 92 valence electrons. The zero-order valence-corrected chi connectivity index (χ0v) is 10.7.